The first-order chi connectivity index (χ1) is 10.8. The van der Waals surface area contributed by atoms with Gasteiger partial charge in [0, 0.05) is 24.2 Å². The summed E-state index contributed by atoms with van der Waals surface area (Å²) in [6, 6.07) is 8.90. The summed E-state index contributed by atoms with van der Waals surface area (Å²) in [7, 11) is 0. The molecule has 0 spiro atoms. The van der Waals surface area contributed by atoms with E-state index in [1.165, 1.54) is 12.5 Å². The van der Waals surface area contributed by atoms with Crippen LogP contribution < -0.4 is 0 Å². The first kappa shape index (κ1) is 12.5. The number of hydrogen-bond donors (Lipinski definition) is 0. The summed E-state index contributed by atoms with van der Waals surface area (Å²) >= 11 is 0. The number of hydrogen-bond acceptors (Lipinski definition) is 5. The van der Waals surface area contributed by atoms with Crippen molar-refractivity contribution in [2.45, 2.75) is 0 Å². The zero-order chi connectivity index (χ0) is 14.9. The van der Waals surface area contributed by atoms with Crippen molar-refractivity contribution in [3.8, 4) is 11.3 Å². The van der Waals surface area contributed by atoms with Gasteiger partial charge in [0.05, 0.1) is 23.7 Å². The molecule has 4 rings (SSSR count). The van der Waals surface area contributed by atoms with Crippen LogP contribution in [0.1, 0.15) is 16.1 Å². The van der Waals surface area contributed by atoms with Crippen molar-refractivity contribution in [2.24, 2.45) is 0 Å². The smallest absolute Gasteiger partial charge is 0.233 e. The maximum absolute atomic E-state index is 12.4. The molecule has 4 aromatic heterocycles. The Morgan fingerprint density at radius 1 is 1.09 bits per heavy atom. The van der Waals surface area contributed by atoms with Gasteiger partial charge in [0.15, 0.2) is 11.4 Å². The van der Waals surface area contributed by atoms with Crippen molar-refractivity contribution in [2.75, 3.05) is 0 Å². The molecule has 106 valence electrons. The third kappa shape index (κ3) is 1.89. The van der Waals surface area contributed by atoms with Crippen LogP contribution in [-0.2, 0) is 0 Å². The van der Waals surface area contributed by atoms with E-state index in [0.29, 0.717) is 11.2 Å². The summed E-state index contributed by atoms with van der Waals surface area (Å²) in [5.41, 5.74) is 2.61. The van der Waals surface area contributed by atoms with Crippen molar-refractivity contribution >= 4 is 11.4 Å². The number of aromatic nitrogens is 4. The number of carbonyl (C=O) groups is 1. The standard InChI is InChI=1S/C16H10N4O2/c21-15(14-4-2-8-22-14)12-10-19-20-13(5-7-18-16(12)20)11-3-1-6-17-9-11/h1-10H. The average molecular weight is 290 g/mol. The van der Waals surface area contributed by atoms with E-state index in [1.807, 2.05) is 18.2 Å². The lowest BCUT2D eigenvalue weighted by Gasteiger charge is -2.03. The molecular weight excluding hydrogens is 280 g/mol. The highest BCUT2D eigenvalue weighted by molar-refractivity contribution is 6.10. The van der Waals surface area contributed by atoms with Crippen LogP contribution >= 0.6 is 0 Å². The van der Waals surface area contributed by atoms with E-state index in [2.05, 4.69) is 15.1 Å². The molecule has 0 unspecified atom stereocenters. The maximum Gasteiger partial charge on any atom is 0.233 e. The Bertz CT molecular complexity index is 943. The van der Waals surface area contributed by atoms with Crippen LogP contribution in [0.3, 0.4) is 0 Å². The Labute approximate surface area is 125 Å². The Kier molecular flexibility index (Phi) is 2.79. The van der Waals surface area contributed by atoms with E-state index in [0.717, 1.165) is 11.3 Å². The van der Waals surface area contributed by atoms with Crippen LogP contribution in [0.4, 0.5) is 0 Å². The highest BCUT2D eigenvalue weighted by Gasteiger charge is 2.19. The fourth-order valence-corrected chi connectivity index (χ4v) is 2.33. The molecule has 22 heavy (non-hydrogen) atoms. The molecule has 0 saturated carbocycles. The molecule has 6 heteroatoms. The first-order valence-electron chi connectivity index (χ1n) is 6.66. The molecule has 0 atom stereocenters. The highest BCUT2D eigenvalue weighted by atomic mass is 16.3. The average Bonchev–Trinajstić information content (AvgIpc) is 3.24. The number of furan rings is 1. The van der Waals surface area contributed by atoms with E-state index in [9.17, 15) is 4.79 Å². The number of ketones is 1. The fourth-order valence-electron chi connectivity index (χ4n) is 2.33. The van der Waals surface area contributed by atoms with Crippen molar-refractivity contribution in [3.05, 3.63) is 72.7 Å². The second-order valence-electron chi connectivity index (χ2n) is 4.67. The lowest BCUT2D eigenvalue weighted by atomic mass is 10.1. The van der Waals surface area contributed by atoms with Gasteiger partial charge in [-0.05, 0) is 30.3 Å². The second-order valence-corrected chi connectivity index (χ2v) is 4.67. The minimum Gasteiger partial charge on any atom is -0.461 e. The summed E-state index contributed by atoms with van der Waals surface area (Å²) in [6.07, 6.45) is 8.07. The molecule has 6 nitrogen and oxygen atoms in total. The molecule has 0 radical (unpaired) electrons. The molecule has 4 heterocycles. The predicted molar refractivity (Wildman–Crippen MR) is 78.4 cm³/mol. The van der Waals surface area contributed by atoms with Gasteiger partial charge in [-0.2, -0.15) is 5.10 Å². The monoisotopic (exact) mass is 290 g/mol. The van der Waals surface area contributed by atoms with Gasteiger partial charge < -0.3 is 4.42 Å². The lowest BCUT2D eigenvalue weighted by Crippen LogP contribution is -2.01. The van der Waals surface area contributed by atoms with E-state index >= 15 is 0 Å². The summed E-state index contributed by atoms with van der Waals surface area (Å²) < 4.78 is 6.79. The Balaban J connectivity index is 1.89. The van der Waals surface area contributed by atoms with E-state index in [-0.39, 0.29) is 11.5 Å². The minimum atomic E-state index is -0.240. The highest BCUT2D eigenvalue weighted by Crippen LogP contribution is 2.21. The molecular formula is C16H10N4O2. The predicted octanol–water partition coefficient (Wildman–Crippen LogP) is 2.62. The van der Waals surface area contributed by atoms with Gasteiger partial charge in [0.1, 0.15) is 0 Å². The van der Waals surface area contributed by atoms with E-state index in [4.69, 9.17) is 4.42 Å². The Morgan fingerprint density at radius 2 is 2.05 bits per heavy atom. The van der Waals surface area contributed by atoms with Crippen LogP contribution in [0.5, 0.6) is 0 Å². The van der Waals surface area contributed by atoms with Crippen LogP contribution in [0.15, 0.2) is 65.8 Å². The van der Waals surface area contributed by atoms with Gasteiger partial charge in [0.2, 0.25) is 5.78 Å². The summed E-state index contributed by atoms with van der Waals surface area (Å²) in [6.45, 7) is 0. The number of nitrogens with zero attached hydrogens (tertiary/aromatic N) is 4. The Morgan fingerprint density at radius 3 is 2.82 bits per heavy atom. The topological polar surface area (TPSA) is 73.3 Å². The minimum absolute atomic E-state index is 0.240. The number of fused-ring (bicyclic) bond motifs is 1. The fraction of sp³-hybridized carbons (Fsp3) is 0. The van der Waals surface area contributed by atoms with Crippen molar-refractivity contribution in [3.63, 3.8) is 0 Å². The number of pyridine rings is 1. The van der Waals surface area contributed by atoms with E-state index < -0.39 is 0 Å². The molecule has 0 N–H and O–H groups in total. The van der Waals surface area contributed by atoms with Gasteiger partial charge in [-0.3, -0.25) is 9.78 Å². The van der Waals surface area contributed by atoms with Gasteiger partial charge in [-0.1, -0.05) is 0 Å². The summed E-state index contributed by atoms with van der Waals surface area (Å²) in [5.74, 6) is 0.0271. The lowest BCUT2D eigenvalue weighted by molar-refractivity contribution is 0.101. The molecule has 0 aliphatic rings. The normalized spacial score (nSPS) is 10.9. The number of carbonyl (C=O) groups excluding carboxylic acids is 1. The second kappa shape index (κ2) is 4.92. The zero-order valence-corrected chi connectivity index (χ0v) is 11.4. The Hall–Kier alpha value is -3.28. The van der Waals surface area contributed by atoms with Crippen LogP contribution in [0.25, 0.3) is 16.9 Å². The third-order valence-corrected chi connectivity index (χ3v) is 3.35. The molecule has 0 bridgehead atoms. The first-order valence-corrected chi connectivity index (χ1v) is 6.66. The molecule has 4 aromatic rings. The van der Waals surface area contributed by atoms with Crippen molar-refractivity contribution < 1.29 is 9.21 Å². The van der Waals surface area contributed by atoms with Gasteiger partial charge in [-0.15, -0.1) is 0 Å². The SMILES string of the molecule is O=C(c1ccco1)c1cnn2c(-c3cccnc3)ccnc12. The van der Waals surface area contributed by atoms with Crippen molar-refractivity contribution in [1.82, 2.24) is 19.6 Å². The summed E-state index contributed by atoms with van der Waals surface area (Å²) in [5, 5.41) is 4.29. The zero-order valence-electron chi connectivity index (χ0n) is 11.4. The van der Waals surface area contributed by atoms with Gasteiger partial charge in [-0.25, -0.2) is 9.50 Å². The number of rotatable bonds is 3. The molecule has 0 fully saturated rings. The third-order valence-electron chi connectivity index (χ3n) is 3.35. The maximum atomic E-state index is 12.4. The van der Waals surface area contributed by atoms with Crippen LogP contribution in [0, 0.1) is 0 Å². The molecule has 0 aromatic carbocycles. The van der Waals surface area contributed by atoms with Crippen LogP contribution in [-0.4, -0.2) is 25.4 Å². The quantitative estimate of drug-likeness (QED) is 0.542. The van der Waals surface area contributed by atoms with Gasteiger partial charge >= 0.3 is 0 Å². The van der Waals surface area contributed by atoms with E-state index in [1.54, 1.807) is 35.2 Å². The molecule has 0 aliphatic carbocycles. The molecule has 0 aliphatic heterocycles. The van der Waals surface area contributed by atoms with Crippen LogP contribution in [0.2, 0.25) is 0 Å². The summed E-state index contributed by atoms with van der Waals surface area (Å²) in [4.78, 5) is 20.8. The van der Waals surface area contributed by atoms with Crippen molar-refractivity contribution in [1.29, 1.82) is 0 Å². The molecule has 0 amide bonds. The van der Waals surface area contributed by atoms with Gasteiger partial charge in [0.25, 0.3) is 0 Å². The largest absolute Gasteiger partial charge is 0.461 e. The molecule has 0 saturated heterocycles.